The van der Waals surface area contributed by atoms with Gasteiger partial charge in [-0.25, -0.2) is 4.39 Å². The van der Waals surface area contributed by atoms with Gasteiger partial charge in [-0.1, -0.05) is 25.5 Å². The van der Waals surface area contributed by atoms with Crippen LogP contribution in [-0.4, -0.2) is 54.3 Å². The second kappa shape index (κ2) is 10.7. The van der Waals surface area contributed by atoms with E-state index in [4.69, 9.17) is 0 Å². The van der Waals surface area contributed by atoms with Crippen molar-refractivity contribution in [2.24, 2.45) is 5.92 Å². The molecule has 0 unspecified atom stereocenters. The number of halogens is 1. The van der Waals surface area contributed by atoms with Crippen LogP contribution < -0.4 is 5.32 Å². The highest BCUT2D eigenvalue weighted by molar-refractivity contribution is 5.87. The average Bonchev–Trinajstić information content (AvgIpc) is 2.71. The highest BCUT2D eigenvalue weighted by Gasteiger charge is 2.31. The predicted molar refractivity (Wildman–Crippen MR) is 114 cm³/mol. The van der Waals surface area contributed by atoms with Crippen LogP contribution in [-0.2, 0) is 9.59 Å². The Balaban J connectivity index is 2.12. The number of likely N-dealkylation sites (N-methyl/N-ethyl adjacent to an activating group) is 1. The zero-order valence-corrected chi connectivity index (χ0v) is 18.5. The van der Waals surface area contributed by atoms with Crippen LogP contribution in [0.4, 0.5) is 4.39 Å². The van der Waals surface area contributed by atoms with E-state index in [0.29, 0.717) is 6.04 Å². The van der Waals surface area contributed by atoms with Gasteiger partial charge >= 0.3 is 0 Å². The van der Waals surface area contributed by atoms with Crippen LogP contribution in [0.5, 0.6) is 0 Å². The summed E-state index contributed by atoms with van der Waals surface area (Å²) in [6, 6.07) is 6.26. The van der Waals surface area contributed by atoms with Gasteiger partial charge in [0.15, 0.2) is 0 Å². The molecule has 1 aliphatic carbocycles. The van der Waals surface area contributed by atoms with E-state index in [1.807, 2.05) is 0 Å². The molecule has 2 amide bonds. The Bertz CT molecular complexity index is 669. The minimum Gasteiger partial charge on any atom is -0.347 e. The third-order valence-corrected chi connectivity index (χ3v) is 6.23. The Labute approximate surface area is 174 Å². The summed E-state index contributed by atoms with van der Waals surface area (Å²) in [7, 11) is 3.36. The molecular weight excluding hydrogens is 369 g/mol. The summed E-state index contributed by atoms with van der Waals surface area (Å²) in [5.74, 6) is 0.227. The van der Waals surface area contributed by atoms with Crippen molar-refractivity contribution in [3.63, 3.8) is 0 Å². The minimum atomic E-state index is -0.559. The summed E-state index contributed by atoms with van der Waals surface area (Å²) >= 11 is 0. The number of benzene rings is 1. The van der Waals surface area contributed by atoms with Crippen molar-refractivity contribution in [1.29, 1.82) is 0 Å². The van der Waals surface area contributed by atoms with E-state index in [2.05, 4.69) is 24.1 Å². The SMILES string of the molecule is CCC1CCC(N(CC(=O)N[C@@H](C)C(=O)N(C)C)[C@@H](C)c2ccc(F)cc2)CC1. The Morgan fingerprint density at radius 1 is 1.10 bits per heavy atom. The minimum absolute atomic E-state index is 0.00983. The van der Waals surface area contributed by atoms with Gasteiger partial charge in [0.1, 0.15) is 11.9 Å². The highest BCUT2D eigenvalue weighted by atomic mass is 19.1. The summed E-state index contributed by atoms with van der Waals surface area (Å²) in [5.41, 5.74) is 0.995. The molecule has 2 rings (SSSR count). The van der Waals surface area contributed by atoms with E-state index < -0.39 is 6.04 Å². The number of nitrogens with one attached hydrogen (secondary N) is 1. The first-order valence-electron chi connectivity index (χ1n) is 10.7. The molecule has 0 bridgehead atoms. The largest absolute Gasteiger partial charge is 0.347 e. The van der Waals surface area contributed by atoms with Crippen LogP contribution in [0.25, 0.3) is 0 Å². The number of amides is 2. The Hall–Kier alpha value is -1.95. The standard InChI is InChI=1S/C23H36FN3O2/c1-6-18-7-13-21(14-8-18)27(17(3)19-9-11-20(24)12-10-19)15-22(28)25-16(2)23(29)26(4)5/h9-12,16-18,21H,6-8,13-15H2,1-5H3,(H,25,28)/t16-,17-,18?,21?/m0/s1. The Morgan fingerprint density at radius 2 is 1.69 bits per heavy atom. The summed E-state index contributed by atoms with van der Waals surface area (Å²) in [6.07, 6.45) is 5.66. The fourth-order valence-electron chi connectivity index (χ4n) is 4.30. The van der Waals surface area contributed by atoms with E-state index >= 15 is 0 Å². The lowest BCUT2D eigenvalue weighted by Gasteiger charge is -2.40. The molecule has 1 N–H and O–H groups in total. The number of nitrogens with zero attached hydrogens (tertiary/aromatic N) is 2. The fourth-order valence-corrected chi connectivity index (χ4v) is 4.30. The van der Waals surface area contributed by atoms with Crippen molar-refractivity contribution >= 4 is 11.8 Å². The van der Waals surface area contributed by atoms with Crippen molar-refractivity contribution < 1.29 is 14.0 Å². The van der Waals surface area contributed by atoms with Crippen LogP contribution >= 0.6 is 0 Å². The average molecular weight is 406 g/mol. The second-order valence-electron chi connectivity index (χ2n) is 8.50. The Morgan fingerprint density at radius 3 is 2.21 bits per heavy atom. The third-order valence-electron chi connectivity index (χ3n) is 6.23. The van der Waals surface area contributed by atoms with Crippen molar-refractivity contribution in [3.8, 4) is 0 Å². The molecular formula is C23H36FN3O2. The summed E-state index contributed by atoms with van der Waals surface area (Å²) < 4.78 is 13.4. The van der Waals surface area contributed by atoms with Gasteiger partial charge in [-0.05, 0) is 63.1 Å². The molecule has 6 heteroatoms. The zero-order valence-electron chi connectivity index (χ0n) is 18.5. The predicted octanol–water partition coefficient (Wildman–Crippen LogP) is 3.75. The van der Waals surface area contributed by atoms with Gasteiger partial charge in [0.2, 0.25) is 11.8 Å². The molecule has 0 aliphatic heterocycles. The maximum atomic E-state index is 13.4. The second-order valence-corrected chi connectivity index (χ2v) is 8.50. The maximum Gasteiger partial charge on any atom is 0.244 e. The highest BCUT2D eigenvalue weighted by Crippen LogP contribution is 2.33. The van der Waals surface area contributed by atoms with Crippen LogP contribution in [0, 0.1) is 11.7 Å². The van der Waals surface area contributed by atoms with Crippen LogP contribution in [0.15, 0.2) is 24.3 Å². The first kappa shape index (κ1) is 23.3. The molecule has 2 atom stereocenters. The van der Waals surface area contributed by atoms with E-state index in [0.717, 1.165) is 24.3 Å². The van der Waals surface area contributed by atoms with Gasteiger partial charge in [-0.2, -0.15) is 0 Å². The molecule has 1 aliphatic rings. The van der Waals surface area contributed by atoms with Gasteiger partial charge in [-0.3, -0.25) is 14.5 Å². The third kappa shape index (κ3) is 6.53. The number of hydrogen-bond donors (Lipinski definition) is 1. The molecule has 29 heavy (non-hydrogen) atoms. The maximum absolute atomic E-state index is 13.4. The van der Waals surface area contributed by atoms with Crippen molar-refractivity contribution in [3.05, 3.63) is 35.6 Å². The molecule has 162 valence electrons. The van der Waals surface area contributed by atoms with Crippen LogP contribution in [0.3, 0.4) is 0 Å². The van der Waals surface area contributed by atoms with E-state index in [-0.39, 0.29) is 30.2 Å². The number of hydrogen-bond acceptors (Lipinski definition) is 3. The summed E-state index contributed by atoms with van der Waals surface area (Å²) in [6.45, 7) is 6.24. The monoisotopic (exact) mass is 405 g/mol. The van der Waals surface area contributed by atoms with Crippen molar-refractivity contribution in [1.82, 2.24) is 15.1 Å². The van der Waals surface area contributed by atoms with Gasteiger partial charge in [0, 0.05) is 26.2 Å². The molecule has 1 saturated carbocycles. The fraction of sp³-hybridized carbons (Fsp3) is 0.652. The topological polar surface area (TPSA) is 52.7 Å². The quantitative estimate of drug-likeness (QED) is 0.717. The smallest absolute Gasteiger partial charge is 0.244 e. The first-order chi connectivity index (χ1) is 13.7. The number of carbonyl (C=O) groups excluding carboxylic acids is 2. The lowest BCUT2D eigenvalue weighted by Crippen LogP contribution is -2.50. The number of rotatable bonds is 8. The van der Waals surface area contributed by atoms with Gasteiger partial charge in [0.25, 0.3) is 0 Å². The lowest BCUT2D eigenvalue weighted by atomic mass is 9.83. The van der Waals surface area contributed by atoms with Crippen LogP contribution in [0.2, 0.25) is 0 Å². The summed E-state index contributed by atoms with van der Waals surface area (Å²) in [4.78, 5) is 28.6. The Kier molecular flexibility index (Phi) is 8.62. The number of carbonyl (C=O) groups is 2. The molecule has 0 aromatic heterocycles. The van der Waals surface area contributed by atoms with E-state index in [9.17, 15) is 14.0 Å². The van der Waals surface area contributed by atoms with Gasteiger partial charge in [-0.15, -0.1) is 0 Å². The molecule has 5 nitrogen and oxygen atoms in total. The normalized spacial score (nSPS) is 21.5. The molecule has 1 fully saturated rings. The van der Waals surface area contributed by atoms with Gasteiger partial charge in [0.05, 0.1) is 6.54 Å². The molecule has 0 spiro atoms. The van der Waals surface area contributed by atoms with E-state index in [1.54, 1.807) is 33.2 Å². The molecule has 0 saturated heterocycles. The first-order valence-corrected chi connectivity index (χ1v) is 10.7. The van der Waals surface area contributed by atoms with Gasteiger partial charge < -0.3 is 10.2 Å². The molecule has 1 aromatic rings. The molecule has 1 aromatic carbocycles. The van der Waals surface area contributed by atoms with Crippen LogP contribution in [0.1, 0.15) is 64.5 Å². The van der Waals surface area contributed by atoms with Crippen molar-refractivity contribution in [2.45, 2.75) is 71.0 Å². The van der Waals surface area contributed by atoms with E-state index in [1.165, 1.54) is 36.3 Å². The zero-order chi connectivity index (χ0) is 21.6. The lowest BCUT2D eigenvalue weighted by molar-refractivity contribution is -0.134. The summed E-state index contributed by atoms with van der Waals surface area (Å²) in [5, 5.41) is 2.83. The molecule has 0 radical (unpaired) electrons. The molecule has 0 heterocycles. The van der Waals surface area contributed by atoms with Crippen molar-refractivity contribution in [2.75, 3.05) is 20.6 Å².